The monoisotopic (exact) mass is 570 g/mol. The van der Waals surface area contributed by atoms with Crippen LogP contribution in [0.2, 0.25) is 0 Å². The number of hydrogen-bond acceptors (Lipinski definition) is 2. The minimum atomic E-state index is -0.271. The second-order valence-electron chi connectivity index (χ2n) is 16.9. The summed E-state index contributed by atoms with van der Waals surface area (Å²) in [6.07, 6.45) is 19.5. The lowest BCUT2D eigenvalue weighted by Crippen LogP contribution is -2.66. The maximum atomic E-state index is 14.5. The molecule has 7 rings (SSSR count). The number of fused-ring (bicyclic) bond motifs is 7. The maximum absolute atomic E-state index is 14.5. The van der Waals surface area contributed by atoms with Crippen molar-refractivity contribution in [2.75, 3.05) is 0 Å². The van der Waals surface area contributed by atoms with E-state index in [0.29, 0.717) is 23.2 Å². The molecular formula is C38H54N2O2. The van der Waals surface area contributed by atoms with Crippen LogP contribution in [-0.2, 0) is 10.2 Å². The Bertz CT molecular complexity index is 1250. The Morgan fingerprint density at radius 1 is 0.857 bits per heavy atom. The molecule has 6 aliphatic rings. The van der Waals surface area contributed by atoms with Crippen LogP contribution in [0.5, 0.6) is 0 Å². The summed E-state index contributed by atoms with van der Waals surface area (Å²) in [4.78, 5) is 29.8. The third kappa shape index (κ3) is 4.35. The fraction of sp³-hybridized carbons (Fsp3) is 0.737. The van der Waals surface area contributed by atoms with E-state index in [2.05, 4.69) is 70.3 Å². The van der Waals surface area contributed by atoms with Crippen LogP contribution in [-0.4, -0.2) is 28.4 Å². The average molecular weight is 571 g/mol. The Morgan fingerprint density at radius 3 is 2.24 bits per heavy atom. The molecule has 5 fully saturated rings. The molecule has 0 radical (unpaired) electrons. The zero-order chi connectivity index (χ0) is 29.5. The van der Waals surface area contributed by atoms with E-state index in [1.54, 1.807) is 11.0 Å². The Hall–Kier alpha value is -2.10. The molecule has 1 heterocycles. The first kappa shape index (κ1) is 28.7. The Kier molecular flexibility index (Phi) is 6.80. The van der Waals surface area contributed by atoms with Gasteiger partial charge in [-0.2, -0.15) is 0 Å². The fourth-order valence-corrected chi connectivity index (χ4v) is 11.7. The molecule has 1 aromatic carbocycles. The number of amides is 3. The smallest absolute Gasteiger partial charge is 0.325 e. The molecule has 5 aliphatic carbocycles. The number of rotatable bonds is 2. The van der Waals surface area contributed by atoms with Gasteiger partial charge in [-0.3, -0.25) is 9.69 Å². The number of nitrogens with one attached hydrogen (secondary N) is 1. The fourth-order valence-electron chi connectivity index (χ4n) is 11.7. The number of imide groups is 1. The SMILES string of the molecule is CC(C)(C)c1ccc(C2C3CCCC2(NC(=O)N2C(=O)C=C[C@]4(C)[C@H]5CC[C@]6(C)CCC[C@H]6[C@@H]5CC[C@@H]24)CCC3)cc1. The molecule has 228 valence electrons. The van der Waals surface area contributed by atoms with Crippen LogP contribution >= 0.6 is 0 Å². The highest BCUT2D eigenvalue weighted by Gasteiger charge is 2.60. The molecule has 1 unspecified atom stereocenters. The minimum Gasteiger partial charge on any atom is -0.332 e. The average Bonchev–Trinajstić information content (AvgIpc) is 3.34. The van der Waals surface area contributed by atoms with Crippen molar-refractivity contribution in [2.24, 2.45) is 34.5 Å². The van der Waals surface area contributed by atoms with Crippen LogP contribution in [0, 0.1) is 34.5 Å². The summed E-state index contributed by atoms with van der Waals surface area (Å²) >= 11 is 0. The third-order valence-corrected chi connectivity index (χ3v) is 13.8. The van der Waals surface area contributed by atoms with Crippen molar-refractivity contribution in [2.45, 2.75) is 141 Å². The number of urea groups is 1. The Morgan fingerprint density at radius 2 is 1.55 bits per heavy atom. The predicted octanol–water partition coefficient (Wildman–Crippen LogP) is 8.90. The molecule has 3 amide bonds. The highest BCUT2D eigenvalue weighted by Crippen LogP contribution is 2.64. The minimum absolute atomic E-state index is 0.0362. The molecular weight excluding hydrogens is 516 g/mol. The van der Waals surface area contributed by atoms with Crippen molar-refractivity contribution in [3.05, 3.63) is 47.5 Å². The van der Waals surface area contributed by atoms with Crippen molar-refractivity contribution in [1.29, 1.82) is 0 Å². The predicted molar refractivity (Wildman–Crippen MR) is 169 cm³/mol. The number of carbonyl (C=O) groups excluding carboxylic acids is 2. The number of carbonyl (C=O) groups is 2. The molecule has 0 saturated heterocycles. The van der Waals surface area contributed by atoms with Crippen LogP contribution in [0.1, 0.15) is 135 Å². The van der Waals surface area contributed by atoms with E-state index in [4.69, 9.17) is 0 Å². The van der Waals surface area contributed by atoms with Gasteiger partial charge in [0.1, 0.15) is 0 Å². The molecule has 7 atom stereocenters. The van der Waals surface area contributed by atoms with Gasteiger partial charge in [0.05, 0.1) is 6.04 Å². The van der Waals surface area contributed by atoms with Crippen molar-refractivity contribution < 1.29 is 9.59 Å². The molecule has 42 heavy (non-hydrogen) atoms. The molecule has 1 aromatic rings. The normalized spacial score (nSPS) is 42.9. The number of benzene rings is 1. The summed E-state index contributed by atoms with van der Waals surface area (Å²) in [7, 11) is 0. The van der Waals surface area contributed by atoms with Crippen molar-refractivity contribution in [1.82, 2.24) is 10.2 Å². The van der Waals surface area contributed by atoms with Crippen molar-refractivity contribution in [3.8, 4) is 0 Å². The third-order valence-electron chi connectivity index (χ3n) is 13.8. The lowest BCUT2D eigenvalue weighted by atomic mass is 9.48. The molecule has 4 heteroatoms. The second-order valence-corrected chi connectivity index (χ2v) is 16.9. The second kappa shape index (κ2) is 9.96. The van der Waals surface area contributed by atoms with E-state index < -0.39 is 0 Å². The van der Waals surface area contributed by atoms with Gasteiger partial charge in [-0.15, -0.1) is 0 Å². The maximum Gasteiger partial charge on any atom is 0.325 e. The van der Waals surface area contributed by atoms with Crippen LogP contribution in [0.25, 0.3) is 0 Å². The summed E-state index contributed by atoms with van der Waals surface area (Å²) in [5.41, 5.74) is 2.95. The van der Waals surface area contributed by atoms with Crippen LogP contribution < -0.4 is 5.32 Å². The van der Waals surface area contributed by atoms with Crippen molar-refractivity contribution in [3.63, 3.8) is 0 Å². The summed E-state index contributed by atoms with van der Waals surface area (Å²) in [6, 6.07) is 9.12. The molecule has 0 spiro atoms. The Labute approximate surface area is 254 Å². The summed E-state index contributed by atoms with van der Waals surface area (Å²) in [5, 5.41) is 3.65. The largest absolute Gasteiger partial charge is 0.332 e. The van der Waals surface area contributed by atoms with Gasteiger partial charge in [-0.25, -0.2) is 4.79 Å². The molecule has 1 N–H and O–H groups in total. The molecule has 0 aromatic heterocycles. The summed E-state index contributed by atoms with van der Waals surface area (Å²) in [6.45, 7) is 11.7. The highest BCUT2D eigenvalue weighted by molar-refractivity contribution is 6.02. The van der Waals surface area contributed by atoms with Gasteiger partial charge in [-0.1, -0.05) is 84.2 Å². The van der Waals surface area contributed by atoms with Crippen molar-refractivity contribution >= 4 is 11.9 Å². The topological polar surface area (TPSA) is 49.4 Å². The molecule has 2 bridgehead atoms. The molecule has 1 aliphatic heterocycles. The van der Waals surface area contributed by atoms with Gasteiger partial charge in [0.2, 0.25) is 0 Å². The van der Waals surface area contributed by atoms with Gasteiger partial charge in [0, 0.05) is 22.9 Å². The van der Waals surface area contributed by atoms with Gasteiger partial charge in [0.25, 0.3) is 5.91 Å². The van der Waals surface area contributed by atoms with E-state index in [9.17, 15) is 9.59 Å². The molecule has 5 saturated carbocycles. The van der Waals surface area contributed by atoms with Gasteiger partial charge >= 0.3 is 6.03 Å². The van der Waals surface area contributed by atoms with Crippen LogP contribution in [0.3, 0.4) is 0 Å². The lowest BCUT2D eigenvalue weighted by Gasteiger charge is -2.60. The summed E-state index contributed by atoms with van der Waals surface area (Å²) < 4.78 is 0. The van der Waals surface area contributed by atoms with E-state index in [1.807, 2.05) is 0 Å². The zero-order valence-electron chi connectivity index (χ0n) is 26.9. The first-order valence-corrected chi connectivity index (χ1v) is 17.4. The van der Waals surface area contributed by atoms with E-state index in [-0.39, 0.29) is 34.3 Å². The highest BCUT2D eigenvalue weighted by atomic mass is 16.2. The van der Waals surface area contributed by atoms with Gasteiger partial charge in [-0.05, 0) is 110 Å². The van der Waals surface area contributed by atoms with Crippen LogP contribution in [0.4, 0.5) is 4.79 Å². The summed E-state index contributed by atoms with van der Waals surface area (Å²) in [5.74, 6) is 2.90. The standard InChI is InChI=1S/C38H54N2O2/c1-35(2,3)27-14-12-26(13-15-27)33-25-9-6-21-38(33,22-7-10-25)39-34(42)40-31-17-16-28-29-11-8-20-36(29,4)23-18-30(28)37(31,5)24-19-32(40)41/h12-15,19,24-25,28-31,33H,6-11,16-18,20-23H2,1-5H3,(H,39,42)/t25?,28-,29-,30-,31+,33?,36-,37+,38?/m0/s1. The van der Waals surface area contributed by atoms with E-state index in [0.717, 1.165) is 50.4 Å². The molecule has 4 nitrogen and oxygen atoms in total. The quantitative estimate of drug-likeness (QED) is 0.386. The zero-order valence-corrected chi connectivity index (χ0v) is 26.9. The Balaban J connectivity index is 1.17. The number of hydrogen-bond donors (Lipinski definition) is 1. The lowest BCUT2D eigenvalue weighted by molar-refractivity contribution is -0.135. The van der Waals surface area contributed by atoms with E-state index >= 15 is 0 Å². The van der Waals surface area contributed by atoms with Gasteiger partial charge < -0.3 is 5.32 Å². The van der Waals surface area contributed by atoms with Gasteiger partial charge in [0.15, 0.2) is 0 Å². The first-order chi connectivity index (χ1) is 20.0. The van der Waals surface area contributed by atoms with Crippen LogP contribution in [0.15, 0.2) is 36.4 Å². The number of nitrogens with zero attached hydrogens (tertiary/aromatic N) is 1. The van der Waals surface area contributed by atoms with E-state index in [1.165, 1.54) is 56.1 Å². The first-order valence-electron chi connectivity index (χ1n) is 17.4.